The molecule has 1 heterocycles. The lowest BCUT2D eigenvalue weighted by atomic mass is 10.4. The number of nitrogens with zero attached hydrogens (tertiary/aromatic N) is 2. The largest absolute Gasteiger partial charge is 0.423 e. The van der Waals surface area contributed by atoms with E-state index in [1.807, 2.05) is 29.1 Å². The molecule has 0 saturated heterocycles. The van der Waals surface area contributed by atoms with Crippen LogP contribution in [0.3, 0.4) is 0 Å². The van der Waals surface area contributed by atoms with Crippen molar-refractivity contribution >= 4 is 5.97 Å². The summed E-state index contributed by atoms with van der Waals surface area (Å²) in [5.74, 6) is -0.270. The van der Waals surface area contributed by atoms with Gasteiger partial charge in [-0.1, -0.05) is 0 Å². The van der Waals surface area contributed by atoms with Crippen molar-refractivity contribution < 1.29 is 23.7 Å². The molecule has 0 aromatic carbocycles. The first kappa shape index (κ1) is 20.7. The maximum absolute atomic E-state index is 11.2. The normalized spacial score (nSPS) is 16.9. The third kappa shape index (κ3) is 8.52. The van der Waals surface area contributed by atoms with E-state index in [2.05, 4.69) is 0 Å². The molecule has 0 saturated carbocycles. The van der Waals surface area contributed by atoms with E-state index in [-0.39, 0.29) is 12.3 Å². The molecule has 1 unspecified atom stereocenters. The number of carbonyl (C=O) groups is 1. The van der Waals surface area contributed by atoms with Crippen LogP contribution in [0.4, 0.5) is 0 Å². The summed E-state index contributed by atoms with van der Waals surface area (Å²) >= 11 is 0. The van der Waals surface area contributed by atoms with E-state index < -0.39 is 0 Å². The van der Waals surface area contributed by atoms with Gasteiger partial charge in [-0.3, -0.25) is 4.79 Å². The van der Waals surface area contributed by atoms with Crippen molar-refractivity contribution in [3.05, 3.63) is 12.4 Å². The van der Waals surface area contributed by atoms with E-state index in [0.29, 0.717) is 13.2 Å². The molecule has 0 N–H and O–H groups in total. The van der Waals surface area contributed by atoms with Crippen LogP contribution in [0.15, 0.2) is 12.4 Å². The highest BCUT2D eigenvalue weighted by Crippen LogP contribution is 2.17. The molecular formula is C17H32N2O5. The zero-order valence-electron chi connectivity index (χ0n) is 15.2. The highest BCUT2D eigenvalue weighted by atomic mass is 16.6. The molecule has 1 aliphatic heterocycles. The Morgan fingerprint density at radius 2 is 1.54 bits per heavy atom. The molecule has 0 fully saturated rings. The van der Waals surface area contributed by atoms with Gasteiger partial charge in [-0.2, -0.15) is 0 Å². The van der Waals surface area contributed by atoms with Gasteiger partial charge in [0.05, 0.1) is 0 Å². The van der Waals surface area contributed by atoms with E-state index >= 15 is 0 Å². The molecule has 0 aromatic heterocycles. The first-order chi connectivity index (χ1) is 11.7. The maximum atomic E-state index is 11.2. The van der Waals surface area contributed by atoms with Crippen molar-refractivity contribution in [2.45, 2.75) is 39.5 Å². The maximum Gasteiger partial charge on any atom is 0.305 e. The minimum atomic E-state index is -0.326. The number of esters is 1. The quantitative estimate of drug-likeness (QED) is 0.352. The molecule has 0 radical (unpaired) electrons. The lowest BCUT2D eigenvalue weighted by Crippen LogP contribution is -2.42. The van der Waals surface area contributed by atoms with Crippen LogP contribution in [0.25, 0.3) is 0 Å². The number of ether oxygens (including phenoxy) is 4. The molecule has 7 heteroatoms. The molecule has 24 heavy (non-hydrogen) atoms. The van der Waals surface area contributed by atoms with Crippen LogP contribution in [0.5, 0.6) is 0 Å². The van der Waals surface area contributed by atoms with Gasteiger partial charge < -0.3 is 28.7 Å². The summed E-state index contributed by atoms with van der Waals surface area (Å²) in [6.45, 7) is 8.64. The Hall–Kier alpha value is -1.31. The smallest absolute Gasteiger partial charge is 0.305 e. The SMILES string of the molecule is CCN1C=CN(CCCOCCCOCCCOC)C1OC(C)=O. The molecule has 0 amide bonds. The van der Waals surface area contributed by atoms with Crippen LogP contribution in [-0.2, 0) is 23.7 Å². The molecule has 1 atom stereocenters. The summed E-state index contributed by atoms with van der Waals surface area (Å²) in [6.07, 6.45) is 6.30. The lowest BCUT2D eigenvalue weighted by molar-refractivity contribution is -0.165. The molecule has 1 rings (SSSR count). The Morgan fingerprint density at radius 1 is 0.958 bits per heavy atom. The summed E-state index contributed by atoms with van der Waals surface area (Å²) in [7, 11) is 1.69. The van der Waals surface area contributed by atoms with Gasteiger partial charge in [0.1, 0.15) is 0 Å². The standard InChI is InChI=1S/C17H32N2O5/c1-4-18-9-10-19(17(18)24-16(2)20)8-5-12-22-14-7-15-23-13-6-11-21-3/h9-10,17H,4-8,11-15H2,1-3H3. The van der Waals surface area contributed by atoms with Crippen LogP contribution in [0, 0.1) is 0 Å². The van der Waals surface area contributed by atoms with Gasteiger partial charge in [0.25, 0.3) is 6.35 Å². The van der Waals surface area contributed by atoms with Gasteiger partial charge >= 0.3 is 5.97 Å². The Bertz CT molecular complexity index is 365. The van der Waals surface area contributed by atoms with Crippen molar-refractivity contribution in [3.63, 3.8) is 0 Å². The second kappa shape index (κ2) is 13.0. The fourth-order valence-corrected chi connectivity index (χ4v) is 2.36. The number of carbonyl (C=O) groups excluding carboxylic acids is 1. The van der Waals surface area contributed by atoms with E-state index in [1.54, 1.807) is 7.11 Å². The van der Waals surface area contributed by atoms with Gasteiger partial charge in [-0.05, 0) is 26.2 Å². The van der Waals surface area contributed by atoms with Gasteiger partial charge in [-0.15, -0.1) is 0 Å². The number of rotatable bonds is 14. The summed E-state index contributed by atoms with van der Waals surface area (Å²) < 4.78 is 21.4. The van der Waals surface area contributed by atoms with Crippen molar-refractivity contribution in [2.75, 3.05) is 53.2 Å². The number of hydrogen-bond acceptors (Lipinski definition) is 7. The number of hydrogen-bond donors (Lipinski definition) is 0. The third-order valence-electron chi connectivity index (χ3n) is 3.57. The van der Waals surface area contributed by atoms with Crippen molar-refractivity contribution in [2.24, 2.45) is 0 Å². The van der Waals surface area contributed by atoms with Crippen molar-refractivity contribution in [3.8, 4) is 0 Å². The van der Waals surface area contributed by atoms with Crippen LogP contribution < -0.4 is 0 Å². The monoisotopic (exact) mass is 344 g/mol. The highest BCUT2D eigenvalue weighted by molar-refractivity contribution is 5.66. The van der Waals surface area contributed by atoms with Crippen LogP contribution in [0.1, 0.15) is 33.1 Å². The average Bonchev–Trinajstić information content (AvgIpc) is 2.94. The van der Waals surface area contributed by atoms with Crippen molar-refractivity contribution in [1.29, 1.82) is 0 Å². The van der Waals surface area contributed by atoms with E-state index in [9.17, 15) is 4.79 Å². The molecule has 0 aliphatic carbocycles. The van der Waals surface area contributed by atoms with E-state index in [1.165, 1.54) is 6.92 Å². The first-order valence-corrected chi connectivity index (χ1v) is 8.70. The summed E-state index contributed by atoms with van der Waals surface area (Å²) in [4.78, 5) is 15.2. The van der Waals surface area contributed by atoms with Crippen LogP contribution >= 0.6 is 0 Å². The Balaban J connectivity index is 2.02. The molecule has 0 bridgehead atoms. The number of methoxy groups -OCH3 is 1. The van der Waals surface area contributed by atoms with Gasteiger partial charge in [0.2, 0.25) is 0 Å². The predicted octanol–water partition coefficient (Wildman–Crippen LogP) is 1.79. The summed E-state index contributed by atoms with van der Waals surface area (Å²) in [6, 6.07) is 0. The predicted molar refractivity (Wildman–Crippen MR) is 91.1 cm³/mol. The summed E-state index contributed by atoms with van der Waals surface area (Å²) in [5, 5.41) is 0. The topological polar surface area (TPSA) is 60.5 Å². The molecule has 0 spiro atoms. The average molecular weight is 344 g/mol. The Morgan fingerprint density at radius 3 is 2.12 bits per heavy atom. The second-order valence-electron chi connectivity index (χ2n) is 5.58. The third-order valence-corrected chi connectivity index (χ3v) is 3.57. The van der Waals surface area contributed by atoms with Crippen LogP contribution in [0.2, 0.25) is 0 Å². The molecular weight excluding hydrogens is 312 g/mol. The molecule has 1 aliphatic rings. The lowest BCUT2D eigenvalue weighted by Gasteiger charge is -2.30. The minimum absolute atomic E-state index is 0.270. The summed E-state index contributed by atoms with van der Waals surface area (Å²) in [5.41, 5.74) is 0. The zero-order valence-corrected chi connectivity index (χ0v) is 15.2. The second-order valence-corrected chi connectivity index (χ2v) is 5.58. The Labute approximate surface area is 145 Å². The van der Waals surface area contributed by atoms with E-state index in [0.717, 1.165) is 52.2 Å². The minimum Gasteiger partial charge on any atom is -0.423 e. The van der Waals surface area contributed by atoms with Gasteiger partial charge in [-0.25, -0.2) is 0 Å². The Kier molecular flexibility index (Phi) is 11.3. The molecule has 7 nitrogen and oxygen atoms in total. The van der Waals surface area contributed by atoms with Gasteiger partial charge in [0, 0.05) is 72.6 Å². The van der Waals surface area contributed by atoms with Crippen LogP contribution in [-0.4, -0.2) is 75.4 Å². The van der Waals surface area contributed by atoms with Gasteiger partial charge in [0.15, 0.2) is 0 Å². The fourth-order valence-electron chi connectivity index (χ4n) is 2.36. The van der Waals surface area contributed by atoms with E-state index in [4.69, 9.17) is 18.9 Å². The molecule has 0 aromatic rings. The van der Waals surface area contributed by atoms with Crippen molar-refractivity contribution in [1.82, 2.24) is 9.80 Å². The molecule has 140 valence electrons. The highest BCUT2D eigenvalue weighted by Gasteiger charge is 2.27. The first-order valence-electron chi connectivity index (χ1n) is 8.70. The zero-order chi connectivity index (χ0) is 17.6. The fraction of sp³-hybridized carbons (Fsp3) is 0.824.